The molecule has 84 valence electrons. The number of nitrogens with two attached hydrogens (primary N) is 1. The predicted molar refractivity (Wildman–Crippen MR) is 62.6 cm³/mol. The Balaban J connectivity index is 3.55. The first-order valence-corrected chi connectivity index (χ1v) is 5.46. The monoisotopic (exact) mass is 199 g/mol. The zero-order valence-electron chi connectivity index (χ0n) is 10.0. The average molecular weight is 199 g/mol. The Labute approximate surface area is 88.2 Å². The number of amidine groups is 1. The second-order valence-electron chi connectivity index (χ2n) is 4.65. The highest BCUT2D eigenvalue weighted by Crippen LogP contribution is 2.05. The molecule has 0 spiro atoms. The highest BCUT2D eigenvalue weighted by molar-refractivity contribution is 5.79. The Hall–Kier alpha value is -0.570. The van der Waals surface area contributed by atoms with E-state index < -0.39 is 0 Å². The summed E-state index contributed by atoms with van der Waals surface area (Å²) in [6.45, 7) is 8.50. The van der Waals surface area contributed by atoms with Gasteiger partial charge in [0, 0.05) is 12.5 Å². The van der Waals surface area contributed by atoms with E-state index in [1.165, 1.54) is 12.8 Å². The van der Waals surface area contributed by atoms with Crippen molar-refractivity contribution in [2.75, 3.05) is 20.1 Å². The molecule has 0 saturated carbocycles. The topological polar surface area (TPSA) is 53.1 Å². The van der Waals surface area contributed by atoms with E-state index in [0.717, 1.165) is 19.0 Å². The maximum absolute atomic E-state index is 7.29. The number of hydrogen-bond acceptors (Lipinski definition) is 2. The highest BCUT2D eigenvalue weighted by atomic mass is 15.1. The molecule has 0 aliphatic carbocycles. The first-order chi connectivity index (χ1) is 6.43. The van der Waals surface area contributed by atoms with E-state index in [4.69, 9.17) is 11.1 Å². The zero-order chi connectivity index (χ0) is 11.1. The normalized spacial score (nSPS) is 13.6. The molecule has 3 nitrogen and oxygen atoms in total. The van der Waals surface area contributed by atoms with Crippen LogP contribution in [0.25, 0.3) is 0 Å². The van der Waals surface area contributed by atoms with Crippen LogP contribution < -0.4 is 5.73 Å². The minimum Gasteiger partial charge on any atom is -0.387 e. The Morgan fingerprint density at radius 2 is 1.93 bits per heavy atom. The molecule has 0 rings (SSSR count). The summed E-state index contributed by atoms with van der Waals surface area (Å²) in [6, 6.07) is 0. The SMILES string of the molecule is CC(C)CCCN(C)CC(C)C(=N)N. The summed E-state index contributed by atoms with van der Waals surface area (Å²) in [6.07, 6.45) is 2.51. The molecule has 3 N–H and O–H groups in total. The minimum absolute atomic E-state index is 0.180. The smallest absolute Gasteiger partial charge is 0.0947 e. The Morgan fingerprint density at radius 3 is 2.36 bits per heavy atom. The molecule has 0 fully saturated rings. The van der Waals surface area contributed by atoms with Crippen molar-refractivity contribution in [1.82, 2.24) is 4.90 Å². The van der Waals surface area contributed by atoms with Crippen molar-refractivity contribution >= 4 is 5.84 Å². The van der Waals surface area contributed by atoms with E-state index in [9.17, 15) is 0 Å². The summed E-state index contributed by atoms with van der Waals surface area (Å²) in [4.78, 5) is 2.26. The predicted octanol–water partition coefficient (Wildman–Crippen LogP) is 1.93. The fourth-order valence-electron chi connectivity index (χ4n) is 1.43. The molecule has 0 aliphatic rings. The molecule has 0 aromatic carbocycles. The largest absolute Gasteiger partial charge is 0.387 e. The van der Waals surface area contributed by atoms with E-state index in [2.05, 4.69) is 25.8 Å². The molecule has 3 heteroatoms. The van der Waals surface area contributed by atoms with E-state index >= 15 is 0 Å². The molecule has 0 saturated heterocycles. The van der Waals surface area contributed by atoms with E-state index in [1.54, 1.807) is 0 Å². The third kappa shape index (κ3) is 6.89. The molecular weight excluding hydrogens is 174 g/mol. The van der Waals surface area contributed by atoms with Gasteiger partial charge in [0.05, 0.1) is 5.84 Å². The maximum atomic E-state index is 7.29. The summed E-state index contributed by atoms with van der Waals surface area (Å²) in [7, 11) is 2.10. The van der Waals surface area contributed by atoms with Gasteiger partial charge in [-0.25, -0.2) is 0 Å². The standard InChI is InChI=1S/C11H25N3/c1-9(2)6-5-7-14(4)8-10(3)11(12)13/h9-10H,5-8H2,1-4H3,(H3,12,13). The van der Waals surface area contributed by atoms with E-state index in [-0.39, 0.29) is 5.92 Å². The van der Waals surface area contributed by atoms with Crippen LogP contribution in [0.1, 0.15) is 33.6 Å². The van der Waals surface area contributed by atoms with Crippen LogP contribution in [0, 0.1) is 17.2 Å². The molecule has 14 heavy (non-hydrogen) atoms. The summed E-state index contributed by atoms with van der Waals surface area (Å²) in [5.41, 5.74) is 5.42. The van der Waals surface area contributed by atoms with Crippen LogP contribution in [0.4, 0.5) is 0 Å². The first-order valence-electron chi connectivity index (χ1n) is 5.46. The van der Waals surface area contributed by atoms with Crippen LogP contribution in [0.3, 0.4) is 0 Å². The van der Waals surface area contributed by atoms with Crippen LogP contribution in [0.2, 0.25) is 0 Å². The highest BCUT2D eigenvalue weighted by Gasteiger charge is 2.08. The summed E-state index contributed by atoms with van der Waals surface area (Å²) in [5.74, 6) is 1.26. The number of nitrogens with zero attached hydrogens (tertiary/aromatic N) is 1. The Morgan fingerprint density at radius 1 is 1.36 bits per heavy atom. The quantitative estimate of drug-likeness (QED) is 0.486. The summed E-state index contributed by atoms with van der Waals surface area (Å²) in [5, 5.41) is 7.29. The van der Waals surface area contributed by atoms with Crippen LogP contribution in [0.15, 0.2) is 0 Å². The number of rotatable bonds is 7. The molecule has 0 aromatic rings. The van der Waals surface area contributed by atoms with E-state index in [1.807, 2.05) is 6.92 Å². The van der Waals surface area contributed by atoms with Gasteiger partial charge in [-0.1, -0.05) is 20.8 Å². The zero-order valence-corrected chi connectivity index (χ0v) is 10.0. The lowest BCUT2D eigenvalue weighted by atomic mass is 10.1. The van der Waals surface area contributed by atoms with Gasteiger partial charge in [-0.3, -0.25) is 5.41 Å². The van der Waals surface area contributed by atoms with Crippen molar-refractivity contribution in [3.05, 3.63) is 0 Å². The summed E-state index contributed by atoms with van der Waals surface area (Å²) < 4.78 is 0. The molecule has 0 bridgehead atoms. The molecule has 0 aliphatic heterocycles. The van der Waals surface area contributed by atoms with Gasteiger partial charge in [-0.05, 0) is 32.4 Å². The van der Waals surface area contributed by atoms with Gasteiger partial charge >= 0.3 is 0 Å². The third-order valence-electron chi connectivity index (χ3n) is 2.44. The average Bonchev–Trinajstić information content (AvgIpc) is 2.02. The van der Waals surface area contributed by atoms with Gasteiger partial charge in [0.1, 0.15) is 0 Å². The molecular formula is C11H25N3. The van der Waals surface area contributed by atoms with Crippen LogP contribution in [0.5, 0.6) is 0 Å². The van der Waals surface area contributed by atoms with Gasteiger partial charge in [0.15, 0.2) is 0 Å². The fourth-order valence-corrected chi connectivity index (χ4v) is 1.43. The van der Waals surface area contributed by atoms with Gasteiger partial charge in [0.25, 0.3) is 0 Å². The van der Waals surface area contributed by atoms with Gasteiger partial charge in [-0.2, -0.15) is 0 Å². The second-order valence-corrected chi connectivity index (χ2v) is 4.65. The van der Waals surface area contributed by atoms with Crippen molar-refractivity contribution < 1.29 is 0 Å². The van der Waals surface area contributed by atoms with Gasteiger partial charge < -0.3 is 10.6 Å². The molecule has 0 heterocycles. The number of nitrogens with one attached hydrogen (secondary N) is 1. The fraction of sp³-hybridized carbons (Fsp3) is 0.909. The lowest BCUT2D eigenvalue weighted by Gasteiger charge is -2.20. The van der Waals surface area contributed by atoms with Crippen molar-refractivity contribution in [3.63, 3.8) is 0 Å². The second kappa shape index (κ2) is 6.82. The maximum Gasteiger partial charge on any atom is 0.0947 e. The van der Waals surface area contributed by atoms with Crippen LogP contribution in [-0.4, -0.2) is 30.9 Å². The third-order valence-corrected chi connectivity index (χ3v) is 2.44. The van der Waals surface area contributed by atoms with E-state index in [0.29, 0.717) is 5.84 Å². The van der Waals surface area contributed by atoms with Crippen LogP contribution >= 0.6 is 0 Å². The van der Waals surface area contributed by atoms with Crippen molar-refractivity contribution in [2.24, 2.45) is 17.6 Å². The van der Waals surface area contributed by atoms with Crippen molar-refractivity contribution in [2.45, 2.75) is 33.6 Å². The minimum atomic E-state index is 0.180. The van der Waals surface area contributed by atoms with Crippen molar-refractivity contribution in [3.8, 4) is 0 Å². The van der Waals surface area contributed by atoms with Crippen LogP contribution in [-0.2, 0) is 0 Å². The molecule has 0 amide bonds. The lowest BCUT2D eigenvalue weighted by Crippen LogP contribution is -2.32. The Bertz CT molecular complexity index is 166. The van der Waals surface area contributed by atoms with Gasteiger partial charge in [0.2, 0.25) is 0 Å². The van der Waals surface area contributed by atoms with Gasteiger partial charge in [-0.15, -0.1) is 0 Å². The van der Waals surface area contributed by atoms with Crippen molar-refractivity contribution in [1.29, 1.82) is 5.41 Å². The molecule has 0 aromatic heterocycles. The molecule has 1 unspecified atom stereocenters. The molecule has 1 atom stereocenters. The lowest BCUT2D eigenvalue weighted by molar-refractivity contribution is 0.300. The molecule has 0 radical (unpaired) electrons. The first kappa shape index (κ1) is 13.4. The number of hydrogen-bond donors (Lipinski definition) is 2. The Kier molecular flexibility index (Phi) is 6.54. The summed E-state index contributed by atoms with van der Waals surface area (Å²) >= 11 is 0.